The van der Waals surface area contributed by atoms with E-state index in [0.29, 0.717) is 6.54 Å². The summed E-state index contributed by atoms with van der Waals surface area (Å²) < 4.78 is 0. The van der Waals surface area contributed by atoms with Gasteiger partial charge in [0.05, 0.1) is 6.54 Å². The van der Waals surface area contributed by atoms with Crippen LogP contribution in [-0.2, 0) is 4.79 Å². The SMILES string of the molecule is CC#CCCNCC(=O)Nc1ccc(C)cc1. The number of rotatable bonds is 5. The summed E-state index contributed by atoms with van der Waals surface area (Å²) in [5.74, 6) is 5.71. The van der Waals surface area contributed by atoms with Gasteiger partial charge in [0.2, 0.25) is 5.91 Å². The number of aryl methyl sites for hydroxylation is 1. The fourth-order valence-electron chi connectivity index (χ4n) is 1.32. The molecule has 0 atom stereocenters. The molecule has 1 aromatic carbocycles. The molecule has 1 amide bonds. The standard InChI is InChI=1S/C14H18N2O/c1-3-4-5-10-15-11-14(17)16-13-8-6-12(2)7-9-13/h6-9,15H,5,10-11H2,1-2H3,(H,16,17). The first-order valence-electron chi connectivity index (χ1n) is 5.69. The van der Waals surface area contributed by atoms with Crippen LogP contribution >= 0.6 is 0 Å². The Hall–Kier alpha value is -1.79. The maximum atomic E-state index is 11.5. The number of hydrogen-bond donors (Lipinski definition) is 2. The summed E-state index contributed by atoms with van der Waals surface area (Å²) in [4.78, 5) is 11.5. The van der Waals surface area contributed by atoms with Gasteiger partial charge >= 0.3 is 0 Å². The molecule has 0 fully saturated rings. The van der Waals surface area contributed by atoms with Crippen molar-refractivity contribution in [3.05, 3.63) is 29.8 Å². The van der Waals surface area contributed by atoms with Crippen molar-refractivity contribution in [3.63, 3.8) is 0 Å². The van der Waals surface area contributed by atoms with E-state index in [0.717, 1.165) is 18.7 Å². The molecule has 2 N–H and O–H groups in total. The van der Waals surface area contributed by atoms with Gasteiger partial charge in [0.1, 0.15) is 0 Å². The lowest BCUT2D eigenvalue weighted by Crippen LogP contribution is -2.28. The Kier molecular flexibility index (Phi) is 5.84. The molecule has 1 rings (SSSR count). The van der Waals surface area contributed by atoms with Crippen LogP contribution in [0.4, 0.5) is 5.69 Å². The van der Waals surface area contributed by atoms with Crippen LogP contribution in [0.1, 0.15) is 18.9 Å². The molecule has 3 heteroatoms. The Morgan fingerprint density at radius 1 is 1.29 bits per heavy atom. The van der Waals surface area contributed by atoms with E-state index in [4.69, 9.17) is 0 Å². The lowest BCUT2D eigenvalue weighted by atomic mass is 10.2. The molecule has 1 aromatic rings. The second kappa shape index (κ2) is 7.48. The molecule has 0 saturated carbocycles. The largest absolute Gasteiger partial charge is 0.325 e. The van der Waals surface area contributed by atoms with E-state index < -0.39 is 0 Å². The van der Waals surface area contributed by atoms with E-state index in [-0.39, 0.29) is 5.91 Å². The summed E-state index contributed by atoms with van der Waals surface area (Å²) in [6, 6.07) is 7.74. The van der Waals surface area contributed by atoms with Crippen molar-refractivity contribution in [2.75, 3.05) is 18.4 Å². The highest BCUT2D eigenvalue weighted by atomic mass is 16.1. The van der Waals surface area contributed by atoms with Gasteiger partial charge in [0.15, 0.2) is 0 Å². The molecule has 0 heterocycles. The average molecular weight is 230 g/mol. The third-order valence-electron chi connectivity index (χ3n) is 2.22. The van der Waals surface area contributed by atoms with E-state index in [1.54, 1.807) is 0 Å². The van der Waals surface area contributed by atoms with Gasteiger partial charge < -0.3 is 10.6 Å². The summed E-state index contributed by atoms with van der Waals surface area (Å²) in [6.07, 6.45) is 0.772. The van der Waals surface area contributed by atoms with Crippen LogP contribution in [0.3, 0.4) is 0 Å². The Morgan fingerprint density at radius 3 is 2.65 bits per heavy atom. The van der Waals surface area contributed by atoms with Gasteiger partial charge in [-0.15, -0.1) is 11.8 Å². The van der Waals surface area contributed by atoms with Crippen molar-refractivity contribution in [1.82, 2.24) is 5.32 Å². The number of carbonyl (C=O) groups excluding carboxylic acids is 1. The summed E-state index contributed by atoms with van der Waals surface area (Å²) in [7, 11) is 0. The predicted molar refractivity (Wildman–Crippen MR) is 70.7 cm³/mol. The summed E-state index contributed by atoms with van der Waals surface area (Å²) in [5, 5.41) is 5.86. The first-order chi connectivity index (χ1) is 8.22. The zero-order valence-corrected chi connectivity index (χ0v) is 10.3. The molecule has 0 saturated heterocycles. The van der Waals surface area contributed by atoms with E-state index in [1.165, 1.54) is 5.56 Å². The second-order valence-corrected chi connectivity index (χ2v) is 3.77. The van der Waals surface area contributed by atoms with Crippen LogP contribution in [0.5, 0.6) is 0 Å². The number of benzene rings is 1. The normalized spacial score (nSPS) is 9.29. The Morgan fingerprint density at radius 2 is 2.00 bits per heavy atom. The zero-order chi connectivity index (χ0) is 12.5. The molecular formula is C14H18N2O. The van der Waals surface area contributed by atoms with Gasteiger partial charge in [0.25, 0.3) is 0 Å². The number of hydrogen-bond acceptors (Lipinski definition) is 2. The summed E-state index contributed by atoms with van der Waals surface area (Å²) >= 11 is 0. The van der Waals surface area contributed by atoms with Crippen LogP contribution in [-0.4, -0.2) is 19.0 Å². The Bertz CT molecular complexity index is 412. The fourth-order valence-corrected chi connectivity index (χ4v) is 1.32. The van der Waals surface area contributed by atoms with Crippen LogP contribution in [0.2, 0.25) is 0 Å². The molecule has 0 spiro atoms. The zero-order valence-electron chi connectivity index (χ0n) is 10.3. The van der Waals surface area contributed by atoms with Gasteiger partial charge in [-0.25, -0.2) is 0 Å². The molecule has 17 heavy (non-hydrogen) atoms. The minimum atomic E-state index is -0.0293. The molecule has 3 nitrogen and oxygen atoms in total. The lowest BCUT2D eigenvalue weighted by molar-refractivity contribution is -0.115. The highest BCUT2D eigenvalue weighted by Gasteiger charge is 2.00. The second-order valence-electron chi connectivity index (χ2n) is 3.77. The van der Waals surface area contributed by atoms with Crippen LogP contribution < -0.4 is 10.6 Å². The van der Waals surface area contributed by atoms with Crippen molar-refractivity contribution in [2.24, 2.45) is 0 Å². The van der Waals surface area contributed by atoms with Crippen molar-refractivity contribution >= 4 is 11.6 Å². The lowest BCUT2D eigenvalue weighted by Gasteiger charge is -2.05. The molecule has 0 radical (unpaired) electrons. The molecule has 0 aliphatic heterocycles. The first kappa shape index (κ1) is 13.3. The van der Waals surface area contributed by atoms with Gasteiger partial charge in [0, 0.05) is 18.7 Å². The Labute approximate surface area is 103 Å². The first-order valence-corrected chi connectivity index (χ1v) is 5.69. The summed E-state index contributed by atoms with van der Waals surface area (Å²) in [5.41, 5.74) is 2.01. The molecule has 0 aliphatic carbocycles. The third-order valence-corrected chi connectivity index (χ3v) is 2.22. The van der Waals surface area contributed by atoms with Crippen molar-refractivity contribution < 1.29 is 4.79 Å². The number of anilines is 1. The molecular weight excluding hydrogens is 212 g/mol. The van der Waals surface area contributed by atoms with Crippen LogP contribution in [0, 0.1) is 18.8 Å². The maximum Gasteiger partial charge on any atom is 0.238 e. The molecule has 90 valence electrons. The minimum Gasteiger partial charge on any atom is -0.325 e. The quantitative estimate of drug-likeness (QED) is 0.599. The molecule has 0 aliphatic rings. The van der Waals surface area contributed by atoms with Gasteiger partial charge in [-0.05, 0) is 26.0 Å². The number of amides is 1. The highest BCUT2D eigenvalue weighted by Crippen LogP contribution is 2.07. The Balaban J connectivity index is 2.24. The van der Waals surface area contributed by atoms with Crippen molar-refractivity contribution in [2.45, 2.75) is 20.3 Å². The van der Waals surface area contributed by atoms with E-state index in [1.807, 2.05) is 38.1 Å². The van der Waals surface area contributed by atoms with Crippen molar-refractivity contribution in [3.8, 4) is 11.8 Å². The topological polar surface area (TPSA) is 41.1 Å². The smallest absolute Gasteiger partial charge is 0.238 e. The molecule has 0 aromatic heterocycles. The molecule has 0 unspecified atom stereocenters. The monoisotopic (exact) mass is 230 g/mol. The van der Waals surface area contributed by atoms with Crippen LogP contribution in [0.15, 0.2) is 24.3 Å². The van der Waals surface area contributed by atoms with E-state index in [9.17, 15) is 4.79 Å². The van der Waals surface area contributed by atoms with E-state index in [2.05, 4.69) is 22.5 Å². The van der Waals surface area contributed by atoms with Gasteiger partial charge in [-0.3, -0.25) is 4.79 Å². The average Bonchev–Trinajstić information content (AvgIpc) is 2.32. The number of nitrogens with one attached hydrogen (secondary N) is 2. The third kappa shape index (κ3) is 5.74. The fraction of sp³-hybridized carbons (Fsp3) is 0.357. The molecule has 0 bridgehead atoms. The predicted octanol–water partition coefficient (Wildman–Crippen LogP) is 1.94. The number of carbonyl (C=O) groups is 1. The van der Waals surface area contributed by atoms with Crippen molar-refractivity contribution in [1.29, 1.82) is 0 Å². The van der Waals surface area contributed by atoms with Gasteiger partial charge in [-0.1, -0.05) is 17.7 Å². The van der Waals surface area contributed by atoms with Crippen LogP contribution in [0.25, 0.3) is 0 Å². The van der Waals surface area contributed by atoms with E-state index >= 15 is 0 Å². The summed E-state index contributed by atoms with van der Waals surface area (Å²) in [6.45, 7) is 4.88. The van der Waals surface area contributed by atoms with Gasteiger partial charge in [-0.2, -0.15) is 0 Å². The maximum absolute atomic E-state index is 11.5. The highest BCUT2D eigenvalue weighted by molar-refractivity contribution is 5.92. The minimum absolute atomic E-state index is 0.0293.